The van der Waals surface area contributed by atoms with Crippen molar-refractivity contribution in [2.24, 2.45) is 0 Å². The van der Waals surface area contributed by atoms with Crippen LogP contribution >= 0.6 is 15.9 Å². The number of sulfonamides is 1. The van der Waals surface area contributed by atoms with Crippen LogP contribution in [-0.2, 0) is 10.0 Å². The first-order chi connectivity index (χ1) is 13.5. The number of halogens is 1. The standard InChI is InChI=1S/C21H16BrNO3SSe/c22-16-12-10-15(11-13-16)19(14-28-17-6-2-1-3-7-17)23-21(24)18-8-4-5-9-20(18)27(23,25)26/h1-13,19H,14H2. The van der Waals surface area contributed by atoms with Crippen LogP contribution in [0.15, 0.2) is 88.2 Å². The van der Waals surface area contributed by atoms with Gasteiger partial charge >= 0.3 is 180 Å². The van der Waals surface area contributed by atoms with Crippen LogP contribution in [-0.4, -0.2) is 33.6 Å². The Kier molecular flexibility index (Phi) is 5.43. The molecule has 0 bridgehead atoms. The molecule has 1 unspecified atom stereocenters. The Balaban J connectivity index is 1.75. The summed E-state index contributed by atoms with van der Waals surface area (Å²) in [6.07, 6.45) is 0. The van der Waals surface area contributed by atoms with Crippen molar-refractivity contribution in [3.8, 4) is 0 Å². The fourth-order valence-corrected chi connectivity index (χ4v) is 7.59. The second-order valence-electron chi connectivity index (χ2n) is 6.29. The first-order valence-electron chi connectivity index (χ1n) is 8.59. The molecule has 1 aliphatic heterocycles. The number of amides is 1. The Hall–Kier alpha value is -1.92. The van der Waals surface area contributed by atoms with E-state index in [0.29, 0.717) is 5.32 Å². The molecule has 0 spiro atoms. The van der Waals surface area contributed by atoms with Gasteiger partial charge in [0.2, 0.25) is 0 Å². The van der Waals surface area contributed by atoms with Crippen LogP contribution in [0.2, 0.25) is 5.32 Å². The van der Waals surface area contributed by atoms with Crippen LogP contribution in [0.4, 0.5) is 0 Å². The number of hydrogen-bond donors (Lipinski definition) is 0. The van der Waals surface area contributed by atoms with Gasteiger partial charge in [-0.15, -0.1) is 0 Å². The van der Waals surface area contributed by atoms with Crippen molar-refractivity contribution in [1.82, 2.24) is 4.31 Å². The molecule has 1 aliphatic rings. The fraction of sp³-hybridized carbons (Fsp3) is 0.0952. The normalized spacial score (nSPS) is 16.0. The second kappa shape index (κ2) is 7.84. The summed E-state index contributed by atoms with van der Waals surface area (Å²) in [5, 5.41) is 0.567. The van der Waals surface area contributed by atoms with Gasteiger partial charge < -0.3 is 0 Å². The van der Waals surface area contributed by atoms with Crippen LogP contribution in [0, 0.1) is 0 Å². The van der Waals surface area contributed by atoms with Crippen LogP contribution in [0.3, 0.4) is 0 Å². The molecule has 0 saturated heterocycles. The number of carbonyl (C=O) groups is 1. The number of benzene rings is 3. The summed E-state index contributed by atoms with van der Waals surface area (Å²) < 4.78 is 29.5. The van der Waals surface area contributed by atoms with E-state index in [2.05, 4.69) is 15.9 Å². The summed E-state index contributed by atoms with van der Waals surface area (Å²) >= 11 is 3.43. The maximum atomic E-state index is 13.2. The molecule has 28 heavy (non-hydrogen) atoms. The van der Waals surface area contributed by atoms with Gasteiger partial charge in [-0.3, -0.25) is 0 Å². The van der Waals surface area contributed by atoms with Crippen molar-refractivity contribution >= 4 is 51.3 Å². The summed E-state index contributed by atoms with van der Waals surface area (Å²) in [5.74, 6) is -0.451. The first-order valence-corrected chi connectivity index (χ1v) is 12.9. The molecule has 0 aliphatic carbocycles. The molecular formula is C21H16BrNO3SSe. The van der Waals surface area contributed by atoms with Gasteiger partial charge in [-0.05, 0) is 0 Å². The van der Waals surface area contributed by atoms with Crippen LogP contribution < -0.4 is 4.46 Å². The maximum absolute atomic E-state index is 13.2. The average molecular weight is 521 g/mol. The number of nitrogens with zero attached hydrogens (tertiary/aromatic N) is 1. The van der Waals surface area contributed by atoms with Gasteiger partial charge in [-0.25, -0.2) is 0 Å². The molecule has 7 heteroatoms. The molecule has 0 aromatic heterocycles. The second-order valence-corrected chi connectivity index (χ2v) is 11.3. The van der Waals surface area contributed by atoms with Gasteiger partial charge in [0.1, 0.15) is 0 Å². The minimum atomic E-state index is -3.88. The van der Waals surface area contributed by atoms with Crippen molar-refractivity contribution in [2.45, 2.75) is 16.3 Å². The third-order valence-electron chi connectivity index (χ3n) is 4.54. The van der Waals surface area contributed by atoms with Crippen molar-refractivity contribution in [1.29, 1.82) is 0 Å². The fourth-order valence-electron chi connectivity index (χ4n) is 3.19. The van der Waals surface area contributed by atoms with Gasteiger partial charge in [0.25, 0.3) is 0 Å². The molecule has 0 saturated carbocycles. The van der Waals surface area contributed by atoms with Gasteiger partial charge in [-0.1, -0.05) is 0 Å². The monoisotopic (exact) mass is 521 g/mol. The third-order valence-corrected chi connectivity index (χ3v) is 9.20. The molecule has 0 fully saturated rings. The molecule has 3 aromatic carbocycles. The van der Waals surface area contributed by atoms with Gasteiger partial charge in [0, 0.05) is 0 Å². The van der Waals surface area contributed by atoms with Gasteiger partial charge in [0.15, 0.2) is 0 Å². The third kappa shape index (κ3) is 3.55. The average Bonchev–Trinajstić information content (AvgIpc) is 2.91. The minimum absolute atomic E-state index is 0.0174. The number of hydrogen-bond acceptors (Lipinski definition) is 3. The summed E-state index contributed by atoms with van der Waals surface area (Å²) in [4.78, 5) is 13.1. The number of fused-ring (bicyclic) bond motifs is 1. The summed E-state index contributed by atoms with van der Waals surface area (Å²) in [5.41, 5.74) is 1.06. The molecular weight excluding hydrogens is 505 g/mol. The topological polar surface area (TPSA) is 54.5 Å². The van der Waals surface area contributed by atoms with E-state index >= 15 is 0 Å². The van der Waals surface area contributed by atoms with E-state index in [9.17, 15) is 13.2 Å². The molecule has 1 atom stereocenters. The summed E-state index contributed by atoms with van der Waals surface area (Å²) in [6.45, 7) is 0. The molecule has 0 N–H and O–H groups in total. The Morgan fingerprint density at radius 2 is 1.54 bits per heavy atom. The van der Waals surface area contributed by atoms with E-state index in [1.54, 1.807) is 18.2 Å². The number of carbonyl (C=O) groups excluding carboxylic acids is 1. The molecule has 4 rings (SSSR count). The summed E-state index contributed by atoms with van der Waals surface area (Å²) in [7, 11) is -3.88. The molecule has 1 amide bonds. The van der Waals surface area contributed by atoms with Crippen molar-refractivity contribution in [3.63, 3.8) is 0 Å². The zero-order valence-electron chi connectivity index (χ0n) is 14.7. The van der Waals surface area contributed by atoms with E-state index in [-0.39, 0.29) is 25.4 Å². The zero-order chi connectivity index (χ0) is 19.7. The Morgan fingerprint density at radius 3 is 2.21 bits per heavy atom. The van der Waals surface area contributed by atoms with Crippen molar-refractivity contribution in [3.05, 3.63) is 94.5 Å². The van der Waals surface area contributed by atoms with E-state index in [4.69, 9.17) is 0 Å². The predicted octanol–water partition coefficient (Wildman–Crippen LogP) is 3.78. The Morgan fingerprint density at radius 1 is 0.893 bits per heavy atom. The van der Waals surface area contributed by atoms with E-state index in [1.165, 1.54) is 10.5 Å². The molecule has 142 valence electrons. The van der Waals surface area contributed by atoms with Gasteiger partial charge in [0.05, 0.1) is 0 Å². The number of rotatable bonds is 5. The van der Waals surface area contributed by atoms with E-state index in [0.717, 1.165) is 14.3 Å². The van der Waals surface area contributed by atoms with E-state index in [1.807, 2.05) is 54.6 Å². The predicted molar refractivity (Wildman–Crippen MR) is 113 cm³/mol. The summed E-state index contributed by atoms with van der Waals surface area (Å²) in [6, 6.07) is 23.3. The van der Waals surface area contributed by atoms with Crippen molar-refractivity contribution < 1.29 is 13.2 Å². The van der Waals surface area contributed by atoms with Crippen LogP contribution in [0.25, 0.3) is 0 Å². The van der Waals surface area contributed by atoms with Crippen molar-refractivity contribution in [2.75, 3.05) is 0 Å². The van der Waals surface area contributed by atoms with Crippen LogP contribution in [0.1, 0.15) is 22.0 Å². The molecule has 0 radical (unpaired) electrons. The first kappa shape index (κ1) is 19.4. The molecule has 1 heterocycles. The van der Waals surface area contributed by atoms with Crippen LogP contribution in [0.5, 0.6) is 0 Å². The Labute approximate surface area is 178 Å². The van der Waals surface area contributed by atoms with Gasteiger partial charge in [-0.2, -0.15) is 0 Å². The SMILES string of the molecule is O=C1c2ccccc2S(=O)(=O)N1C(C[Se]c1ccccc1)c1ccc(Br)cc1. The van der Waals surface area contributed by atoms with E-state index < -0.39 is 22.0 Å². The quantitative estimate of drug-likeness (QED) is 0.481. The molecule has 3 aromatic rings. The molecule has 4 nitrogen and oxygen atoms in total. The Bertz CT molecular complexity index is 1120. The zero-order valence-corrected chi connectivity index (χ0v) is 18.8.